The summed E-state index contributed by atoms with van der Waals surface area (Å²) in [6.45, 7) is 2.60. The molecule has 0 spiro atoms. The number of sulfone groups is 1. The first-order valence-corrected chi connectivity index (χ1v) is 8.99. The van der Waals surface area contributed by atoms with Crippen LogP contribution in [-0.4, -0.2) is 20.1 Å². The summed E-state index contributed by atoms with van der Waals surface area (Å²) in [6.07, 6.45) is 0. The summed E-state index contributed by atoms with van der Waals surface area (Å²) in [4.78, 5) is 19.6. The lowest BCUT2D eigenvalue weighted by Gasteiger charge is -2.25. The molecule has 0 aliphatic carbocycles. The molecule has 0 saturated heterocycles. The second kappa shape index (κ2) is 7.20. The summed E-state index contributed by atoms with van der Waals surface area (Å²) in [5, 5.41) is 0. The number of halogens is 1. The van der Waals surface area contributed by atoms with Crippen molar-refractivity contribution in [3.63, 3.8) is 0 Å². The van der Waals surface area contributed by atoms with Crippen LogP contribution in [0.2, 0.25) is 0 Å². The minimum absolute atomic E-state index is 0.141. The van der Waals surface area contributed by atoms with Crippen LogP contribution in [0.15, 0.2) is 53.4 Å². The highest BCUT2D eigenvalue weighted by Crippen LogP contribution is 2.27. The molecule has 0 fully saturated rings. The Bertz CT molecular complexity index is 866. The van der Waals surface area contributed by atoms with Crippen molar-refractivity contribution >= 4 is 15.8 Å². The third-order valence-corrected chi connectivity index (χ3v) is 5.40. The van der Waals surface area contributed by atoms with Gasteiger partial charge in [-0.25, -0.2) is 17.6 Å². The highest BCUT2D eigenvalue weighted by Gasteiger charge is 2.30. The van der Waals surface area contributed by atoms with Gasteiger partial charge in [0.2, 0.25) is 5.75 Å². The molecule has 6 nitrogen and oxygen atoms in total. The summed E-state index contributed by atoms with van der Waals surface area (Å²) in [5.41, 5.74) is 5.06. The average Bonchev–Trinajstić information content (AvgIpc) is 2.53. The molecule has 134 valence electrons. The minimum Gasteiger partial charge on any atom is -0.321 e. The fourth-order valence-corrected chi connectivity index (χ4v) is 3.91. The molecule has 0 aliphatic heterocycles. The van der Waals surface area contributed by atoms with Crippen LogP contribution in [-0.2, 0) is 25.1 Å². The average molecular weight is 367 g/mol. The van der Waals surface area contributed by atoms with E-state index in [0.717, 1.165) is 13.0 Å². The van der Waals surface area contributed by atoms with E-state index in [9.17, 15) is 17.6 Å². The van der Waals surface area contributed by atoms with Crippen molar-refractivity contribution in [2.75, 3.05) is 5.75 Å². The molecule has 0 radical (unpaired) electrons. The van der Waals surface area contributed by atoms with Gasteiger partial charge in [0.05, 0.1) is 16.2 Å². The highest BCUT2D eigenvalue weighted by molar-refractivity contribution is 7.91. The molecule has 25 heavy (non-hydrogen) atoms. The van der Waals surface area contributed by atoms with Crippen molar-refractivity contribution in [1.29, 1.82) is 0 Å². The maximum absolute atomic E-state index is 14.1. The number of carbonyl (C=O) groups excluding carboxylic acids is 1. The molecule has 2 N–H and O–H groups in total. The lowest BCUT2D eigenvalue weighted by molar-refractivity contribution is -0.211. The van der Waals surface area contributed by atoms with Gasteiger partial charge in [-0.3, -0.25) is 9.78 Å². The number of nitrogens with two attached hydrogens (primary N) is 1. The topological polar surface area (TPSA) is 95.7 Å². The predicted octanol–water partition coefficient (Wildman–Crippen LogP) is 2.33. The number of carbonyl (C=O) groups is 1. The van der Waals surface area contributed by atoms with E-state index < -0.39 is 32.9 Å². The van der Waals surface area contributed by atoms with Crippen molar-refractivity contribution in [3.05, 3.63) is 59.9 Å². The molecule has 0 aliphatic rings. The molecule has 0 amide bonds. The van der Waals surface area contributed by atoms with Gasteiger partial charge in [0, 0.05) is 6.92 Å². The van der Waals surface area contributed by atoms with E-state index in [1.807, 2.05) is 0 Å². The van der Waals surface area contributed by atoms with Crippen LogP contribution in [0.4, 0.5) is 4.39 Å². The van der Waals surface area contributed by atoms with Gasteiger partial charge in [-0.2, -0.15) is 0 Å². The van der Waals surface area contributed by atoms with Crippen LogP contribution in [0.25, 0.3) is 0 Å². The Morgan fingerprint density at radius 1 is 1.20 bits per heavy atom. The molecule has 1 unspecified atom stereocenters. The third-order valence-electron chi connectivity index (χ3n) is 3.43. The zero-order chi connectivity index (χ0) is 18.7. The molecule has 1 atom stereocenters. The maximum atomic E-state index is 14.1. The van der Waals surface area contributed by atoms with E-state index in [2.05, 4.69) is 9.78 Å². The van der Waals surface area contributed by atoms with Crippen molar-refractivity contribution in [1.82, 2.24) is 0 Å². The minimum atomic E-state index is -3.66. The fourth-order valence-electron chi connectivity index (χ4n) is 2.22. The van der Waals surface area contributed by atoms with Crippen LogP contribution in [0.1, 0.15) is 19.4 Å². The molecule has 2 rings (SSSR count). The van der Waals surface area contributed by atoms with Crippen LogP contribution in [0.3, 0.4) is 0 Å². The summed E-state index contributed by atoms with van der Waals surface area (Å²) in [7, 11) is -3.66. The summed E-state index contributed by atoms with van der Waals surface area (Å²) >= 11 is 0. The summed E-state index contributed by atoms with van der Waals surface area (Å²) in [5.74, 6) is -2.28. The largest absolute Gasteiger partial charge is 0.352 e. The first kappa shape index (κ1) is 18.9. The predicted molar refractivity (Wildman–Crippen MR) is 88.8 cm³/mol. The quantitative estimate of drug-likeness (QED) is 0.622. The van der Waals surface area contributed by atoms with Gasteiger partial charge >= 0.3 is 5.97 Å². The fraction of sp³-hybridized carbons (Fsp3) is 0.235. The van der Waals surface area contributed by atoms with Crippen LogP contribution < -0.4 is 10.6 Å². The zero-order valence-corrected chi connectivity index (χ0v) is 14.5. The molecule has 0 saturated carbocycles. The Labute approximate surface area is 145 Å². The Balaban J connectivity index is 2.24. The number of hydrogen-bond acceptors (Lipinski definition) is 6. The SMILES string of the molecule is CC(=O)OOc1ccc(C(C)(N)CS(=O)(=O)c2ccccc2)cc1F. The molecular formula is C17H18FNO5S. The van der Waals surface area contributed by atoms with Gasteiger partial charge < -0.3 is 5.73 Å². The monoisotopic (exact) mass is 367 g/mol. The molecule has 8 heteroatoms. The Kier molecular flexibility index (Phi) is 5.44. The van der Waals surface area contributed by atoms with E-state index in [4.69, 9.17) is 5.73 Å². The van der Waals surface area contributed by atoms with Gasteiger partial charge in [0.25, 0.3) is 0 Å². The lowest BCUT2D eigenvalue weighted by atomic mass is 9.95. The number of hydrogen-bond donors (Lipinski definition) is 1. The van der Waals surface area contributed by atoms with E-state index in [0.29, 0.717) is 0 Å². The Morgan fingerprint density at radius 2 is 1.84 bits per heavy atom. The second-order valence-electron chi connectivity index (χ2n) is 5.79. The normalized spacial score (nSPS) is 13.8. The van der Waals surface area contributed by atoms with Gasteiger partial charge in [0.15, 0.2) is 15.7 Å². The Hall–Kier alpha value is -2.45. The third kappa shape index (κ3) is 4.77. The maximum Gasteiger partial charge on any atom is 0.352 e. The molecular weight excluding hydrogens is 349 g/mol. The molecule has 0 bridgehead atoms. The van der Waals surface area contributed by atoms with E-state index in [-0.39, 0.29) is 16.2 Å². The van der Waals surface area contributed by atoms with Crippen molar-refractivity contribution < 1.29 is 27.4 Å². The van der Waals surface area contributed by atoms with Crippen LogP contribution in [0.5, 0.6) is 5.75 Å². The molecule has 2 aromatic rings. The number of benzene rings is 2. The number of rotatable bonds is 6. The van der Waals surface area contributed by atoms with Crippen molar-refractivity contribution in [2.24, 2.45) is 5.73 Å². The highest BCUT2D eigenvalue weighted by atomic mass is 32.2. The summed E-state index contributed by atoms with van der Waals surface area (Å²) in [6, 6.07) is 11.6. The van der Waals surface area contributed by atoms with Gasteiger partial charge in [-0.1, -0.05) is 24.3 Å². The van der Waals surface area contributed by atoms with Crippen LogP contribution >= 0.6 is 0 Å². The first-order valence-electron chi connectivity index (χ1n) is 7.34. The van der Waals surface area contributed by atoms with Crippen LogP contribution in [0, 0.1) is 5.82 Å². The van der Waals surface area contributed by atoms with Crippen molar-refractivity contribution in [3.8, 4) is 5.75 Å². The zero-order valence-electron chi connectivity index (χ0n) is 13.7. The van der Waals surface area contributed by atoms with Crippen molar-refractivity contribution in [2.45, 2.75) is 24.3 Å². The smallest absolute Gasteiger partial charge is 0.321 e. The first-order chi connectivity index (χ1) is 11.6. The standard InChI is InChI=1S/C17H18FNO5S/c1-12(20)23-24-16-9-8-13(10-15(16)18)17(2,19)11-25(21,22)14-6-4-3-5-7-14/h3-10H,11,19H2,1-2H3. The van der Waals surface area contributed by atoms with E-state index in [1.165, 1.54) is 31.2 Å². The Morgan fingerprint density at radius 3 is 2.40 bits per heavy atom. The summed E-state index contributed by atoms with van der Waals surface area (Å²) < 4.78 is 39.1. The lowest BCUT2D eigenvalue weighted by Crippen LogP contribution is -2.40. The van der Waals surface area contributed by atoms with Gasteiger partial charge in [0.1, 0.15) is 0 Å². The van der Waals surface area contributed by atoms with E-state index in [1.54, 1.807) is 18.2 Å². The van der Waals surface area contributed by atoms with Gasteiger partial charge in [-0.15, -0.1) is 0 Å². The molecule has 0 aromatic heterocycles. The van der Waals surface area contributed by atoms with E-state index >= 15 is 0 Å². The molecule has 2 aromatic carbocycles. The van der Waals surface area contributed by atoms with Gasteiger partial charge in [-0.05, 0) is 36.8 Å². The second-order valence-corrected chi connectivity index (χ2v) is 7.78. The molecule has 0 heterocycles.